The number of alkyl halides is 3. The highest BCUT2D eigenvalue weighted by molar-refractivity contribution is 7.98. The standard InChI is InChI=1S/C23H27F3N6OS/c1-15(27)10-16(2)28-14-21(33)32-8-6-31(7-9-32)20-5-4-18(23(24,25)26)11-19(20)17-12-29-22(34-3)30-13-17/h4-5,10-13,27-28H,6-9,14H2,1-3H3/b16-10-,27-15?. The first-order valence-corrected chi connectivity index (χ1v) is 11.9. The Bertz CT molecular complexity index is 1060. The van der Waals surface area contributed by atoms with Gasteiger partial charge in [0, 0.05) is 66.8 Å². The van der Waals surface area contributed by atoms with Crippen LogP contribution in [0.3, 0.4) is 0 Å². The molecule has 0 bridgehead atoms. The van der Waals surface area contributed by atoms with Crippen molar-refractivity contribution in [3.05, 3.63) is 47.9 Å². The molecule has 1 aliphatic heterocycles. The van der Waals surface area contributed by atoms with Gasteiger partial charge in [-0.2, -0.15) is 13.2 Å². The highest BCUT2D eigenvalue weighted by Gasteiger charge is 2.32. The molecule has 3 rings (SSSR count). The van der Waals surface area contributed by atoms with E-state index in [0.29, 0.717) is 53.9 Å². The van der Waals surface area contributed by atoms with E-state index >= 15 is 0 Å². The van der Waals surface area contributed by atoms with Crippen LogP contribution in [0, 0.1) is 5.41 Å². The SMILES string of the molecule is CSc1ncc(-c2cc(C(F)(F)F)ccc2N2CCN(C(=O)CN/C(C)=C\C(C)=N)CC2)cn1. The first-order valence-electron chi connectivity index (χ1n) is 10.7. The molecule has 2 aromatic rings. The van der Waals surface area contributed by atoms with Crippen LogP contribution in [-0.2, 0) is 11.0 Å². The van der Waals surface area contributed by atoms with E-state index in [4.69, 9.17) is 5.41 Å². The molecule has 7 nitrogen and oxygen atoms in total. The molecule has 2 N–H and O–H groups in total. The fourth-order valence-corrected chi connectivity index (χ4v) is 4.00. The number of hydrogen-bond donors (Lipinski definition) is 2. The molecule has 1 aromatic heterocycles. The lowest BCUT2D eigenvalue weighted by Gasteiger charge is -2.37. The molecular weight excluding hydrogens is 465 g/mol. The summed E-state index contributed by atoms with van der Waals surface area (Å²) in [6.45, 7) is 5.46. The van der Waals surface area contributed by atoms with Gasteiger partial charge in [-0.15, -0.1) is 0 Å². The zero-order chi connectivity index (χ0) is 24.9. The number of piperazine rings is 1. The summed E-state index contributed by atoms with van der Waals surface area (Å²) in [7, 11) is 0. The number of halogens is 3. The molecule has 0 atom stereocenters. The molecular formula is C23H27F3N6OS. The molecule has 0 spiro atoms. The number of nitrogens with one attached hydrogen (secondary N) is 2. The summed E-state index contributed by atoms with van der Waals surface area (Å²) in [6, 6.07) is 3.69. The second-order valence-corrected chi connectivity index (χ2v) is 8.69. The van der Waals surface area contributed by atoms with Crippen molar-refractivity contribution in [2.75, 3.05) is 43.9 Å². The van der Waals surface area contributed by atoms with Crippen LogP contribution in [0.1, 0.15) is 19.4 Å². The Balaban J connectivity index is 1.76. The van der Waals surface area contributed by atoms with Gasteiger partial charge in [0.25, 0.3) is 0 Å². The fraction of sp³-hybridized carbons (Fsp3) is 0.391. The molecule has 34 heavy (non-hydrogen) atoms. The van der Waals surface area contributed by atoms with Crippen LogP contribution < -0.4 is 10.2 Å². The highest BCUT2D eigenvalue weighted by Crippen LogP contribution is 2.37. The van der Waals surface area contributed by atoms with Crippen LogP contribution in [-0.4, -0.2) is 65.5 Å². The van der Waals surface area contributed by atoms with E-state index in [-0.39, 0.29) is 12.5 Å². The average Bonchev–Trinajstić information content (AvgIpc) is 2.81. The topological polar surface area (TPSA) is 85.2 Å². The summed E-state index contributed by atoms with van der Waals surface area (Å²) < 4.78 is 40.2. The molecule has 2 heterocycles. The zero-order valence-corrected chi connectivity index (χ0v) is 20.1. The van der Waals surface area contributed by atoms with Crippen molar-refractivity contribution in [1.29, 1.82) is 5.41 Å². The minimum Gasteiger partial charge on any atom is -0.380 e. The van der Waals surface area contributed by atoms with Gasteiger partial charge in [0.1, 0.15) is 0 Å². The molecule has 1 amide bonds. The number of anilines is 1. The number of rotatable bonds is 7. The van der Waals surface area contributed by atoms with E-state index < -0.39 is 11.7 Å². The Morgan fingerprint density at radius 3 is 2.38 bits per heavy atom. The second-order valence-electron chi connectivity index (χ2n) is 7.92. The van der Waals surface area contributed by atoms with Gasteiger partial charge in [-0.1, -0.05) is 11.8 Å². The molecule has 0 radical (unpaired) electrons. The minimum atomic E-state index is -4.46. The van der Waals surface area contributed by atoms with Gasteiger partial charge in [0.2, 0.25) is 5.91 Å². The van der Waals surface area contributed by atoms with Gasteiger partial charge in [0.15, 0.2) is 5.16 Å². The van der Waals surface area contributed by atoms with E-state index in [1.807, 2.05) is 11.2 Å². The fourth-order valence-electron chi connectivity index (χ4n) is 3.68. The summed E-state index contributed by atoms with van der Waals surface area (Å²) in [5, 5.41) is 11.0. The number of hydrogen-bond acceptors (Lipinski definition) is 7. The number of carbonyl (C=O) groups excluding carboxylic acids is 1. The monoisotopic (exact) mass is 492 g/mol. The first-order chi connectivity index (χ1) is 16.1. The Kier molecular flexibility index (Phi) is 8.19. The maximum absolute atomic E-state index is 13.4. The van der Waals surface area contributed by atoms with E-state index in [1.165, 1.54) is 30.2 Å². The lowest BCUT2D eigenvalue weighted by molar-refractivity contribution is -0.137. The Morgan fingerprint density at radius 2 is 1.82 bits per heavy atom. The van der Waals surface area contributed by atoms with Crippen LogP contribution in [0.4, 0.5) is 18.9 Å². The zero-order valence-electron chi connectivity index (χ0n) is 19.2. The predicted molar refractivity (Wildman–Crippen MR) is 128 cm³/mol. The summed E-state index contributed by atoms with van der Waals surface area (Å²) in [4.78, 5) is 24.7. The smallest absolute Gasteiger partial charge is 0.380 e. The molecule has 0 saturated carbocycles. The maximum atomic E-state index is 13.4. The number of aromatic nitrogens is 2. The Morgan fingerprint density at radius 1 is 1.18 bits per heavy atom. The molecule has 0 unspecified atom stereocenters. The van der Waals surface area contributed by atoms with Crippen LogP contribution >= 0.6 is 11.8 Å². The molecule has 1 fully saturated rings. The third-order valence-corrected chi connectivity index (χ3v) is 5.95. The molecule has 1 saturated heterocycles. The third kappa shape index (κ3) is 6.49. The molecule has 1 aliphatic rings. The van der Waals surface area contributed by atoms with Crippen molar-refractivity contribution >= 4 is 29.1 Å². The maximum Gasteiger partial charge on any atom is 0.416 e. The summed E-state index contributed by atoms with van der Waals surface area (Å²) in [6.07, 6.45) is 2.08. The number of thioether (sulfide) groups is 1. The van der Waals surface area contributed by atoms with Crippen molar-refractivity contribution in [1.82, 2.24) is 20.2 Å². The van der Waals surface area contributed by atoms with Gasteiger partial charge < -0.3 is 20.5 Å². The Hall–Kier alpha value is -3.08. The van der Waals surface area contributed by atoms with Crippen LogP contribution in [0.25, 0.3) is 11.1 Å². The van der Waals surface area contributed by atoms with Gasteiger partial charge in [-0.25, -0.2) is 9.97 Å². The number of nitrogens with zero attached hydrogens (tertiary/aromatic N) is 4. The summed E-state index contributed by atoms with van der Waals surface area (Å²) in [5.74, 6) is -0.0660. The predicted octanol–water partition coefficient (Wildman–Crippen LogP) is 4.07. The highest BCUT2D eigenvalue weighted by atomic mass is 32.2. The largest absolute Gasteiger partial charge is 0.416 e. The van der Waals surface area contributed by atoms with Crippen molar-refractivity contribution in [2.24, 2.45) is 0 Å². The number of carbonyl (C=O) groups is 1. The van der Waals surface area contributed by atoms with Gasteiger partial charge in [-0.3, -0.25) is 4.79 Å². The normalized spacial score (nSPS) is 14.8. The van der Waals surface area contributed by atoms with Crippen molar-refractivity contribution in [2.45, 2.75) is 25.2 Å². The summed E-state index contributed by atoms with van der Waals surface area (Å²) >= 11 is 1.35. The van der Waals surface area contributed by atoms with Crippen molar-refractivity contribution < 1.29 is 18.0 Å². The molecule has 182 valence electrons. The van der Waals surface area contributed by atoms with Gasteiger partial charge in [-0.05, 0) is 44.4 Å². The van der Waals surface area contributed by atoms with Crippen LogP contribution in [0.5, 0.6) is 0 Å². The van der Waals surface area contributed by atoms with E-state index in [2.05, 4.69) is 15.3 Å². The lowest BCUT2D eigenvalue weighted by Crippen LogP contribution is -2.50. The lowest BCUT2D eigenvalue weighted by atomic mass is 10.0. The molecule has 0 aliphatic carbocycles. The van der Waals surface area contributed by atoms with Crippen LogP contribution in [0.15, 0.2) is 47.5 Å². The molecule has 1 aromatic carbocycles. The number of amides is 1. The quantitative estimate of drug-likeness (QED) is 0.344. The average molecular weight is 493 g/mol. The van der Waals surface area contributed by atoms with Gasteiger partial charge >= 0.3 is 6.18 Å². The van der Waals surface area contributed by atoms with Crippen LogP contribution in [0.2, 0.25) is 0 Å². The van der Waals surface area contributed by atoms with E-state index in [1.54, 1.807) is 24.8 Å². The molecule has 11 heteroatoms. The van der Waals surface area contributed by atoms with Crippen molar-refractivity contribution in [3.8, 4) is 11.1 Å². The van der Waals surface area contributed by atoms with E-state index in [0.717, 1.165) is 17.8 Å². The minimum absolute atomic E-state index is 0.0660. The third-order valence-electron chi connectivity index (χ3n) is 5.37. The number of allylic oxidation sites excluding steroid dienone is 2. The first kappa shape index (κ1) is 25.5. The number of benzene rings is 1. The van der Waals surface area contributed by atoms with E-state index in [9.17, 15) is 18.0 Å². The van der Waals surface area contributed by atoms with Gasteiger partial charge in [0.05, 0.1) is 12.1 Å². The summed E-state index contributed by atoms with van der Waals surface area (Å²) in [5.41, 5.74) is 1.97. The Labute approximate surface area is 201 Å². The second kappa shape index (κ2) is 10.9. The van der Waals surface area contributed by atoms with Crippen molar-refractivity contribution in [3.63, 3.8) is 0 Å².